The number of nitrogens with zero attached hydrogens (tertiary/aromatic N) is 1. The average Bonchev–Trinajstić information content (AvgIpc) is 2.37. The Hall–Kier alpha value is -0.610. The van der Waals surface area contributed by atoms with Crippen LogP contribution in [0.4, 0.5) is 0 Å². The molecule has 4 nitrogen and oxygen atoms in total. The Morgan fingerprint density at radius 2 is 1.35 bits per heavy atom. The lowest BCUT2D eigenvalue weighted by atomic mass is 9.91. The standard InChI is InChI=1S/C19H39NO3/c1-5-6-7-8-9-10-11-12-13-14-15-19(23,16-18(21)22)17-20(2,3)4/h23H,5-17H2,1-4H3/t19-/m1/s1. The molecular formula is C19H39NO3. The second-order valence-corrected chi connectivity index (χ2v) is 8.15. The van der Waals surface area contributed by atoms with E-state index in [9.17, 15) is 15.0 Å². The van der Waals surface area contributed by atoms with E-state index in [-0.39, 0.29) is 6.42 Å². The fourth-order valence-electron chi connectivity index (χ4n) is 3.32. The topological polar surface area (TPSA) is 60.4 Å². The maximum atomic E-state index is 10.9. The number of carboxylic acid groups (broad SMARTS) is 1. The van der Waals surface area contributed by atoms with Gasteiger partial charge in [-0.15, -0.1) is 0 Å². The molecule has 0 fully saturated rings. The van der Waals surface area contributed by atoms with Crippen molar-refractivity contribution in [1.82, 2.24) is 0 Å². The van der Waals surface area contributed by atoms with E-state index in [4.69, 9.17) is 0 Å². The van der Waals surface area contributed by atoms with Crippen LogP contribution in [-0.4, -0.2) is 48.8 Å². The molecule has 0 aromatic heterocycles. The van der Waals surface area contributed by atoms with Gasteiger partial charge in [-0.1, -0.05) is 71.1 Å². The van der Waals surface area contributed by atoms with Gasteiger partial charge in [0.1, 0.15) is 12.1 Å². The van der Waals surface area contributed by atoms with Crippen LogP contribution in [0.25, 0.3) is 0 Å². The normalized spacial score (nSPS) is 14.7. The SMILES string of the molecule is CCCCCCCCCCCC[C@@](O)(CC(=O)[O-])C[N+](C)(C)C. The van der Waals surface area contributed by atoms with Crippen LogP contribution in [0.2, 0.25) is 0 Å². The maximum absolute atomic E-state index is 10.9. The minimum Gasteiger partial charge on any atom is -0.550 e. The lowest BCUT2D eigenvalue weighted by Gasteiger charge is -2.36. The molecule has 0 radical (unpaired) electrons. The fourth-order valence-corrected chi connectivity index (χ4v) is 3.32. The fraction of sp³-hybridized carbons (Fsp3) is 0.947. The number of quaternary nitrogens is 1. The first-order valence-electron chi connectivity index (χ1n) is 9.41. The van der Waals surface area contributed by atoms with E-state index in [0.29, 0.717) is 17.4 Å². The summed E-state index contributed by atoms with van der Waals surface area (Å²) in [6.45, 7) is 2.68. The van der Waals surface area contributed by atoms with Crippen molar-refractivity contribution in [1.29, 1.82) is 0 Å². The van der Waals surface area contributed by atoms with Crippen LogP contribution in [-0.2, 0) is 4.79 Å². The monoisotopic (exact) mass is 329 g/mol. The number of hydrogen-bond acceptors (Lipinski definition) is 3. The number of hydrogen-bond donors (Lipinski definition) is 1. The molecule has 0 aliphatic carbocycles. The van der Waals surface area contributed by atoms with Crippen molar-refractivity contribution in [2.45, 2.75) is 89.6 Å². The number of unbranched alkanes of at least 4 members (excludes halogenated alkanes) is 9. The minimum atomic E-state index is -1.16. The molecule has 0 heterocycles. The van der Waals surface area contributed by atoms with Gasteiger partial charge in [-0.25, -0.2) is 0 Å². The lowest BCUT2D eigenvalue weighted by Crippen LogP contribution is -2.51. The molecule has 0 aromatic carbocycles. The van der Waals surface area contributed by atoms with Crippen molar-refractivity contribution >= 4 is 5.97 Å². The number of carbonyl (C=O) groups excluding carboxylic acids is 1. The summed E-state index contributed by atoms with van der Waals surface area (Å²) in [5.41, 5.74) is -1.14. The zero-order chi connectivity index (χ0) is 17.8. The van der Waals surface area contributed by atoms with Crippen LogP contribution in [0.15, 0.2) is 0 Å². The van der Waals surface area contributed by atoms with Crippen LogP contribution < -0.4 is 5.11 Å². The number of aliphatic hydroxyl groups is 1. The largest absolute Gasteiger partial charge is 0.550 e. The molecule has 0 saturated carbocycles. The van der Waals surface area contributed by atoms with Crippen molar-refractivity contribution in [2.24, 2.45) is 0 Å². The molecule has 138 valence electrons. The number of carbonyl (C=O) groups is 1. The molecule has 0 bridgehead atoms. The van der Waals surface area contributed by atoms with Crippen LogP contribution >= 0.6 is 0 Å². The summed E-state index contributed by atoms with van der Waals surface area (Å²) >= 11 is 0. The van der Waals surface area contributed by atoms with E-state index in [1.165, 1.54) is 51.4 Å². The van der Waals surface area contributed by atoms with E-state index in [1.54, 1.807) is 0 Å². The third-order valence-electron chi connectivity index (χ3n) is 4.24. The summed E-state index contributed by atoms with van der Waals surface area (Å²) < 4.78 is 0.557. The number of aliphatic carboxylic acids is 1. The van der Waals surface area contributed by atoms with Gasteiger partial charge >= 0.3 is 0 Å². The van der Waals surface area contributed by atoms with Gasteiger partial charge in [-0.2, -0.15) is 0 Å². The van der Waals surface area contributed by atoms with Crippen molar-refractivity contribution in [3.8, 4) is 0 Å². The Kier molecular flexibility index (Phi) is 11.5. The smallest absolute Gasteiger partial charge is 0.119 e. The zero-order valence-electron chi connectivity index (χ0n) is 15.9. The third-order valence-corrected chi connectivity index (χ3v) is 4.24. The van der Waals surface area contributed by atoms with Crippen LogP contribution in [0.3, 0.4) is 0 Å². The Morgan fingerprint density at radius 1 is 0.913 bits per heavy atom. The van der Waals surface area contributed by atoms with Crippen LogP contribution in [0.5, 0.6) is 0 Å². The Labute approximate surface area is 143 Å². The highest BCUT2D eigenvalue weighted by Gasteiger charge is 2.33. The van der Waals surface area contributed by atoms with Gasteiger partial charge in [0.15, 0.2) is 0 Å². The van der Waals surface area contributed by atoms with E-state index in [2.05, 4.69) is 6.92 Å². The summed E-state index contributed by atoms with van der Waals surface area (Å²) in [4.78, 5) is 10.9. The maximum Gasteiger partial charge on any atom is 0.119 e. The predicted molar refractivity (Wildman–Crippen MR) is 93.9 cm³/mol. The molecular weight excluding hydrogens is 290 g/mol. The molecule has 0 aliphatic heterocycles. The zero-order valence-corrected chi connectivity index (χ0v) is 15.9. The summed E-state index contributed by atoms with van der Waals surface area (Å²) in [5.74, 6) is -1.16. The van der Waals surface area contributed by atoms with Gasteiger partial charge in [-0.05, 0) is 6.42 Å². The third kappa shape index (κ3) is 14.7. The minimum absolute atomic E-state index is 0.264. The first-order valence-corrected chi connectivity index (χ1v) is 9.41. The second kappa shape index (κ2) is 11.9. The molecule has 0 unspecified atom stereocenters. The van der Waals surface area contributed by atoms with E-state index in [0.717, 1.165) is 12.8 Å². The van der Waals surface area contributed by atoms with E-state index < -0.39 is 11.6 Å². The summed E-state index contributed by atoms with van der Waals surface area (Å²) in [7, 11) is 5.91. The van der Waals surface area contributed by atoms with E-state index >= 15 is 0 Å². The molecule has 0 rings (SSSR count). The van der Waals surface area contributed by atoms with Crippen molar-refractivity contribution in [2.75, 3.05) is 27.7 Å². The van der Waals surface area contributed by atoms with Crippen molar-refractivity contribution in [3.63, 3.8) is 0 Å². The molecule has 0 saturated heterocycles. The highest BCUT2D eigenvalue weighted by Crippen LogP contribution is 2.22. The van der Waals surface area contributed by atoms with Gasteiger partial charge in [-0.3, -0.25) is 0 Å². The highest BCUT2D eigenvalue weighted by molar-refractivity contribution is 5.65. The van der Waals surface area contributed by atoms with E-state index in [1.807, 2.05) is 21.1 Å². The van der Waals surface area contributed by atoms with Gasteiger partial charge in [0, 0.05) is 12.4 Å². The molecule has 1 atom stereocenters. The predicted octanol–water partition coefficient (Wildman–Crippen LogP) is 2.87. The van der Waals surface area contributed by atoms with Gasteiger partial charge in [0.05, 0.1) is 21.1 Å². The quantitative estimate of drug-likeness (QED) is 0.371. The molecule has 1 N–H and O–H groups in total. The second-order valence-electron chi connectivity index (χ2n) is 8.15. The number of likely N-dealkylation sites (N-methyl/N-ethyl adjacent to an activating group) is 1. The van der Waals surface area contributed by atoms with Gasteiger partial charge in [0.25, 0.3) is 0 Å². The summed E-state index contributed by atoms with van der Waals surface area (Å²) in [5, 5.41) is 21.5. The van der Waals surface area contributed by atoms with Crippen LogP contribution in [0.1, 0.15) is 84.0 Å². The molecule has 4 heteroatoms. The number of carboxylic acids is 1. The molecule has 0 aliphatic rings. The Balaban J connectivity index is 3.85. The van der Waals surface area contributed by atoms with Gasteiger partial charge in [0.2, 0.25) is 0 Å². The number of rotatable bonds is 15. The molecule has 0 aromatic rings. The molecule has 0 spiro atoms. The van der Waals surface area contributed by atoms with Crippen molar-refractivity contribution < 1.29 is 19.5 Å². The highest BCUT2D eigenvalue weighted by atomic mass is 16.4. The average molecular weight is 330 g/mol. The summed E-state index contributed by atoms with van der Waals surface area (Å²) in [6, 6.07) is 0. The summed E-state index contributed by atoms with van der Waals surface area (Å²) in [6.07, 6.45) is 12.7. The van der Waals surface area contributed by atoms with Crippen LogP contribution in [0, 0.1) is 0 Å². The Morgan fingerprint density at radius 3 is 1.74 bits per heavy atom. The first-order chi connectivity index (χ1) is 10.7. The Bertz CT molecular complexity index is 312. The van der Waals surface area contributed by atoms with Crippen molar-refractivity contribution in [3.05, 3.63) is 0 Å². The molecule has 23 heavy (non-hydrogen) atoms. The van der Waals surface area contributed by atoms with Gasteiger partial charge < -0.3 is 19.5 Å². The lowest BCUT2D eigenvalue weighted by molar-refractivity contribution is -0.877. The first kappa shape index (κ1) is 22.4. The molecule has 0 amide bonds.